The molecule has 7 heteroatoms. The number of rotatable bonds is 8. The Morgan fingerprint density at radius 2 is 1.77 bits per heavy atom. The molecule has 158 valence electrons. The first-order chi connectivity index (χ1) is 14.4. The Balaban J connectivity index is 1.61. The highest BCUT2D eigenvalue weighted by Gasteiger charge is 2.15. The lowest BCUT2D eigenvalue weighted by Gasteiger charge is -2.12. The minimum absolute atomic E-state index is 0.0593. The number of ether oxygens (including phenoxy) is 1. The fraction of sp³-hybridized carbons (Fsp3) is 0.348. The number of carbonyl (C=O) groups is 1. The fourth-order valence-corrected chi connectivity index (χ4v) is 3.94. The highest BCUT2D eigenvalue weighted by atomic mass is 32.2. The van der Waals surface area contributed by atoms with Crippen LogP contribution in [0.25, 0.3) is 0 Å². The molecule has 30 heavy (non-hydrogen) atoms. The second-order valence-corrected chi connectivity index (χ2v) is 8.22. The number of hydrogen-bond donors (Lipinski definition) is 1. The normalized spacial score (nSPS) is 10.8. The number of hydrogen-bond acceptors (Lipinski definition) is 5. The largest absolute Gasteiger partial charge is 0.486 e. The van der Waals surface area contributed by atoms with E-state index < -0.39 is 0 Å². The maximum atomic E-state index is 12.5. The third-order valence-electron chi connectivity index (χ3n) is 5.03. The van der Waals surface area contributed by atoms with Gasteiger partial charge >= 0.3 is 0 Å². The molecule has 0 saturated carbocycles. The van der Waals surface area contributed by atoms with Crippen molar-refractivity contribution in [2.75, 3.05) is 11.1 Å². The molecule has 0 bridgehead atoms. The molecule has 1 aromatic heterocycles. The highest BCUT2D eigenvalue weighted by molar-refractivity contribution is 7.99. The quantitative estimate of drug-likeness (QED) is 0.524. The molecule has 0 aliphatic rings. The van der Waals surface area contributed by atoms with E-state index in [9.17, 15) is 4.79 Å². The van der Waals surface area contributed by atoms with E-state index in [0.717, 1.165) is 28.4 Å². The Hall–Kier alpha value is -2.80. The molecule has 0 unspecified atom stereocenters. The van der Waals surface area contributed by atoms with Gasteiger partial charge in [0.25, 0.3) is 0 Å². The van der Waals surface area contributed by atoms with Gasteiger partial charge in [-0.25, -0.2) is 0 Å². The van der Waals surface area contributed by atoms with Crippen molar-refractivity contribution < 1.29 is 9.53 Å². The molecule has 1 amide bonds. The number of nitrogens with zero attached hydrogens (tertiary/aromatic N) is 3. The summed E-state index contributed by atoms with van der Waals surface area (Å²) in [4.78, 5) is 12.5. The average Bonchev–Trinajstić information content (AvgIpc) is 3.12. The van der Waals surface area contributed by atoms with Gasteiger partial charge in [-0.05, 0) is 69.0 Å². The summed E-state index contributed by atoms with van der Waals surface area (Å²) in [5.41, 5.74) is 5.40. The van der Waals surface area contributed by atoms with Gasteiger partial charge in [0.05, 0.1) is 5.75 Å². The van der Waals surface area contributed by atoms with Gasteiger partial charge < -0.3 is 14.6 Å². The molecule has 1 N–H and O–H groups in total. The number of amides is 1. The molecule has 0 spiro atoms. The monoisotopic (exact) mass is 424 g/mol. The Morgan fingerprint density at radius 3 is 2.43 bits per heavy atom. The molecular formula is C23H28N4O2S. The van der Waals surface area contributed by atoms with Gasteiger partial charge in [-0.3, -0.25) is 4.79 Å². The zero-order valence-corrected chi connectivity index (χ0v) is 19.0. The van der Waals surface area contributed by atoms with Crippen LogP contribution in [0.3, 0.4) is 0 Å². The number of aromatic nitrogens is 3. The Labute approximate surface area is 182 Å². The van der Waals surface area contributed by atoms with Crippen LogP contribution in [-0.4, -0.2) is 26.4 Å². The SMILES string of the molecule is CCn1c(COc2ccc(C)c(C)c2)nnc1SCC(=O)Nc1c(C)cccc1C. The van der Waals surface area contributed by atoms with Crippen LogP contribution >= 0.6 is 11.8 Å². The van der Waals surface area contributed by atoms with Crippen molar-refractivity contribution >= 4 is 23.4 Å². The van der Waals surface area contributed by atoms with Crippen LogP contribution in [0.15, 0.2) is 41.6 Å². The number of carbonyl (C=O) groups excluding carboxylic acids is 1. The molecule has 0 atom stereocenters. The van der Waals surface area contributed by atoms with Gasteiger partial charge in [-0.1, -0.05) is 36.0 Å². The highest BCUT2D eigenvalue weighted by Crippen LogP contribution is 2.22. The van der Waals surface area contributed by atoms with E-state index in [0.29, 0.717) is 18.3 Å². The van der Waals surface area contributed by atoms with Gasteiger partial charge in [0.2, 0.25) is 5.91 Å². The summed E-state index contributed by atoms with van der Waals surface area (Å²) in [6.45, 7) is 11.2. The van der Waals surface area contributed by atoms with E-state index in [1.165, 1.54) is 22.9 Å². The van der Waals surface area contributed by atoms with Crippen molar-refractivity contribution in [2.45, 2.75) is 52.9 Å². The number of aryl methyl sites for hydroxylation is 4. The Kier molecular flexibility index (Phi) is 7.15. The zero-order valence-electron chi connectivity index (χ0n) is 18.2. The van der Waals surface area contributed by atoms with E-state index in [1.54, 1.807) is 0 Å². The standard InChI is InChI=1S/C23H28N4O2S/c1-6-27-20(13-29-19-11-10-15(2)18(5)12-19)25-26-23(27)30-14-21(28)24-22-16(3)8-7-9-17(22)4/h7-12H,6,13-14H2,1-5H3,(H,24,28). The third-order valence-corrected chi connectivity index (χ3v) is 6.00. The smallest absolute Gasteiger partial charge is 0.234 e. The van der Waals surface area contributed by atoms with Crippen LogP contribution in [0.1, 0.15) is 35.0 Å². The van der Waals surface area contributed by atoms with Gasteiger partial charge in [0.1, 0.15) is 12.4 Å². The average molecular weight is 425 g/mol. The van der Waals surface area contributed by atoms with E-state index in [2.05, 4.69) is 29.4 Å². The Bertz CT molecular complexity index is 1030. The maximum Gasteiger partial charge on any atom is 0.234 e. The predicted octanol–water partition coefficient (Wildman–Crippen LogP) is 4.84. The first kappa shape index (κ1) is 21.9. The number of thioether (sulfide) groups is 1. The van der Waals surface area contributed by atoms with Crippen molar-refractivity contribution in [2.24, 2.45) is 0 Å². The number of benzene rings is 2. The van der Waals surface area contributed by atoms with Crippen LogP contribution in [-0.2, 0) is 17.9 Å². The molecule has 0 aliphatic heterocycles. The number of anilines is 1. The summed E-state index contributed by atoms with van der Waals surface area (Å²) in [5.74, 6) is 1.76. The summed E-state index contributed by atoms with van der Waals surface area (Å²) < 4.78 is 7.89. The van der Waals surface area contributed by atoms with Gasteiger partial charge in [-0.15, -0.1) is 10.2 Å². The topological polar surface area (TPSA) is 69.0 Å². The zero-order chi connectivity index (χ0) is 21.7. The van der Waals surface area contributed by atoms with Crippen LogP contribution in [0, 0.1) is 27.7 Å². The minimum Gasteiger partial charge on any atom is -0.486 e. The minimum atomic E-state index is -0.0593. The van der Waals surface area contributed by atoms with Gasteiger partial charge in [0.15, 0.2) is 11.0 Å². The third kappa shape index (κ3) is 5.21. The molecular weight excluding hydrogens is 396 g/mol. The van der Waals surface area contributed by atoms with Crippen molar-refractivity contribution in [1.29, 1.82) is 0 Å². The first-order valence-electron chi connectivity index (χ1n) is 10.00. The molecule has 0 fully saturated rings. The van der Waals surface area contributed by atoms with E-state index >= 15 is 0 Å². The molecule has 2 aromatic carbocycles. The van der Waals surface area contributed by atoms with Crippen molar-refractivity contribution in [3.8, 4) is 5.75 Å². The van der Waals surface area contributed by atoms with Gasteiger partial charge in [-0.2, -0.15) is 0 Å². The van der Waals surface area contributed by atoms with E-state index in [4.69, 9.17) is 4.74 Å². The summed E-state index contributed by atoms with van der Waals surface area (Å²) >= 11 is 1.38. The number of nitrogens with one attached hydrogen (secondary N) is 1. The summed E-state index contributed by atoms with van der Waals surface area (Å²) in [6.07, 6.45) is 0. The Morgan fingerprint density at radius 1 is 1.03 bits per heavy atom. The van der Waals surface area contributed by atoms with E-state index in [1.807, 2.05) is 61.7 Å². The molecule has 0 radical (unpaired) electrons. The fourth-order valence-electron chi connectivity index (χ4n) is 3.12. The molecule has 3 rings (SSSR count). The van der Waals surface area contributed by atoms with Crippen molar-refractivity contribution in [3.63, 3.8) is 0 Å². The molecule has 1 heterocycles. The number of para-hydroxylation sites is 1. The van der Waals surface area contributed by atoms with E-state index in [-0.39, 0.29) is 11.7 Å². The maximum absolute atomic E-state index is 12.5. The molecule has 3 aromatic rings. The van der Waals surface area contributed by atoms with Crippen molar-refractivity contribution in [1.82, 2.24) is 14.8 Å². The summed E-state index contributed by atoms with van der Waals surface area (Å²) in [7, 11) is 0. The lowest BCUT2D eigenvalue weighted by atomic mass is 10.1. The predicted molar refractivity (Wildman–Crippen MR) is 121 cm³/mol. The van der Waals surface area contributed by atoms with Crippen LogP contribution in [0.4, 0.5) is 5.69 Å². The molecule has 0 saturated heterocycles. The molecule has 6 nitrogen and oxygen atoms in total. The summed E-state index contributed by atoms with van der Waals surface area (Å²) in [6, 6.07) is 12.0. The van der Waals surface area contributed by atoms with Gasteiger partial charge in [0, 0.05) is 12.2 Å². The van der Waals surface area contributed by atoms with Crippen molar-refractivity contribution in [3.05, 3.63) is 64.5 Å². The lowest BCUT2D eigenvalue weighted by Crippen LogP contribution is -2.16. The molecule has 0 aliphatic carbocycles. The second-order valence-electron chi connectivity index (χ2n) is 7.28. The lowest BCUT2D eigenvalue weighted by molar-refractivity contribution is -0.113. The van der Waals surface area contributed by atoms with Crippen LogP contribution in [0.2, 0.25) is 0 Å². The van der Waals surface area contributed by atoms with Crippen LogP contribution in [0.5, 0.6) is 5.75 Å². The second kappa shape index (κ2) is 9.80. The first-order valence-corrected chi connectivity index (χ1v) is 11.0. The van der Waals surface area contributed by atoms with Crippen LogP contribution < -0.4 is 10.1 Å². The summed E-state index contributed by atoms with van der Waals surface area (Å²) in [5, 5.41) is 12.3.